The highest BCUT2D eigenvalue weighted by Crippen LogP contribution is 2.28. The highest BCUT2D eigenvalue weighted by Gasteiger charge is 2.16. The molecule has 3 aromatic rings. The molecule has 0 aliphatic rings. The second kappa shape index (κ2) is 19.2. The Bertz CT molecular complexity index is 1120. The monoisotopic (exact) mass is 634 g/mol. The minimum Gasteiger partial charge on any atom is -1.00 e. The molecule has 4 nitrogen and oxygen atoms in total. The molecular formula is C32H44BrClN2O2S. The third-order valence-corrected chi connectivity index (χ3v) is 8.08. The van der Waals surface area contributed by atoms with E-state index in [0.717, 1.165) is 12.0 Å². The molecule has 7 heteroatoms. The Hall–Kier alpha value is -1.89. The van der Waals surface area contributed by atoms with Crippen molar-refractivity contribution in [2.45, 2.75) is 97.4 Å². The van der Waals surface area contributed by atoms with Crippen LogP contribution in [0.3, 0.4) is 0 Å². The highest BCUT2D eigenvalue weighted by molar-refractivity contribution is 7.07. The fourth-order valence-corrected chi connectivity index (χ4v) is 5.61. The van der Waals surface area contributed by atoms with E-state index in [1.54, 1.807) is 17.4 Å². The third kappa shape index (κ3) is 12.0. The molecule has 214 valence electrons. The number of hydrogen-bond donors (Lipinski definition) is 1. The first-order chi connectivity index (χ1) is 18.6. The summed E-state index contributed by atoms with van der Waals surface area (Å²) >= 11 is 8.13. The second-order valence-electron chi connectivity index (χ2n) is 10.1. The minimum absolute atomic E-state index is 0. The Kier molecular flexibility index (Phi) is 16.4. The molecule has 3 rings (SSSR count). The predicted octanol–water partition coefficient (Wildman–Crippen LogP) is 6.38. The average molecular weight is 636 g/mol. The van der Waals surface area contributed by atoms with Crippen molar-refractivity contribution >= 4 is 34.5 Å². The maximum absolute atomic E-state index is 13.1. The van der Waals surface area contributed by atoms with Crippen molar-refractivity contribution in [1.29, 1.82) is 0 Å². The topological polar surface area (TPSA) is 42.2 Å². The van der Waals surface area contributed by atoms with Crippen LogP contribution in [0.25, 0.3) is 0 Å². The average Bonchev–Trinajstić information content (AvgIpc) is 3.32. The van der Waals surface area contributed by atoms with Gasteiger partial charge in [0.15, 0.2) is 12.2 Å². The van der Waals surface area contributed by atoms with Gasteiger partial charge in [-0.25, -0.2) is 0 Å². The van der Waals surface area contributed by atoms with Crippen molar-refractivity contribution in [1.82, 2.24) is 0 Å². The van der Waals surface area contributed by atoms with Crippen LogP contribution in [0.4, 0.5) is 5.69 Å². The van der Waals surface area contributed by atoms with Crippen LogP contribution >= 0.6 is 22.9 Å². The molecule has 0 fully saturated rings. The molecule has 1 N–H and O–H groups in total. The lowest BCUT2D eigenvalue weighted by Gasteiger charge is -2.12. The lowest BCUT2D eigenvalue weighted by Crippen LogP contribution is -3.00. The van der Waals surface area contributed by atoms with E-state index in [0.29, 0.717) is 35.2 Å². The molecule has 0 saturated carbocycles. The standard InChI is InChI=1S/C32H43ClN2O2S.BrH/c1-3-4-5-6-7-8-9-10-11-12-13-16-21-37-31-20-19-28(22-30(31)33)34-32(36)29-18-15-14-17-27(29)23-35-25-38-24-26(35)2;/h14-15,17-20,22,24-25H,3-13,16,21,23H2,1-2H3;1H. The number of unbranched alkanes of at least 4 members (excludes halogenated alkanes) is 11. The lowest BCUT2D eigenvalue weighted by atomic mass is 10.1. The van der Waals surface area contributed by atoms with Gasteiger partial charge in [0.25, 0.3) is 5.91 Å². The van der Waals surface area contributed by atoms with Crippen molar-refractivity contribution in [2.24, 2.45) is 0 Å². The third-order valence-electron chi connectivity index (χ3n) is 6.93. The molecule has 0 saturated heterocycles. The first-order valence-corrected chi connectivity index (χ1v) is 15.6. The zero-order valence-corrected chi connectivity index (χ0v) is 26.7. The molecule has 1 aromatic heterocycles. The molecule has 39 heavy (non-hydrogen) atoms. The largest absolute Gasteiger partial charge is 1.00 e. The van der Waals surface area contributed by atoms with Crippen LogP contribution in [-0.2, 0) is 6.54 Å². The van der Waals surface area contributed by atoms with Crippen LogP contribution in [0.1, 0.15) is 106 Å². The van der Waals surface area contributed by atoms with Gasteiger partial charge in [0.05, 0.1) is 17.0 Å². The van der Waals surface area contributed by atoms with Gasteiger partial charge >= 0.3 is 0 Å². The molecule has 1 heterocycles. The van der Waals surface area contributed by atoms with Gasteiger partial charge in [-0.05, 0) is 30.7 Å². The number of hydrogen-bond acceptors (Lipinski definition) is 3. The number of carbonyl (C=O) groups excluding carboxylic acids is 1. The van der Waals surface area contributed by atoms with Crippen molar-refractivity contribution < 1.29 is 31.1 Å². The number of rotatable bonds is 18. The Morgan fingerprint density at radius 3 is 2.18 bits per heavy atom. The summed E-state index contributed by atoms with van der Waals surface area (Å²) in [6.45, 7) is 5.66. The van der Waals surface area contributed by atoms with Gasteiger partial charge < -0.3 is 27.0 Å². The number of anilines is 1. The van der Waals surface area contributed by atoms with Crippen LogP contribution in [0.2, 0.25) is 5.02 Å². The number of aromatic nitrogens is 1. The second-order valence-corrected chi connectivity index (χ2v) is 11.2. The van der Waals surface area contributed by atoms with E-state index in [1.165, 1.54) is 76.3 Å². The van der Waals surface area contributed by atoms with Gasteiger partial charge in [-0.2, -0.15) is 4.57 Å². The molecule has 0 atom stereocenters. The molecule has 0 aliphatic heterocycles. The Morgan fingerprint density at radius 2 is 1.56 bits per heavy atom. The first kappa shape index (κ1) is 33.3. The van der Waals surface area contributed by atoms with E-state index < -0.39 is 0 Å². The summed E-state index contributed by atoms with van der Waals surface area (Å²) in [5.74, 6) is 0.521. The Morgan fingerprint density at radius 1 is 0.923 bits per heavy atom. The number of nitrogens with zero attached hydrogens (tertiary/aromatic N) is 1. The number of ether oxygens (including phenoxy) is 1. The van der Waals surface area contributed by atoms with Crippen LogP contribution in [0.15, 0.2) is 53.4 Å². The summed E-state index contributed by atoms with van der Waals surface area (Å²) in [7, 11) is 0. The van der Waals surface area contributed by atoms with E-state index >= 15 is 0 Å². The van der Waals surface area contributed by atoms with E-state index in [9.17, 15) is 4.79 Å². The lowest BCUT2D eigenvalue weighted by molar-refractivity contribution is -0.689. The minimum atomic E-state index is -0.143. The highest BCUT2D eigenvalue weighted by atomic mass is 79.9. The maximum Gasteiger partial charge on any atom is 0.256 e. The van der Waals surface area contributed by atoms with Crippen LogP contribution in [0, 0.1) is 6.92 Å². The summed E-state index contributed by atoms with van der Waals surface area (Å²) < 4.78 is 8.06. The number of carbonyl (C=O) groups is 1. The number of halogens is 2. The molecule has 0 aliphatic carbocycles. The van der Waals surface area contributed by atoms with Crippen molar-refractivity contribution in [2.75, 3.05) is 11.9 Å². The summed E-state index contributed by atoms with van der Waals surface area (Å²) in [5.41, 5.74) is 5.54. The zero-order chi connectivity index (χ0) is 27.0. The summed E-state index contributed by atoms with van der Waals surface area (Å²) in [4.78, 5) is 13.1. The SMILES string of the molecule is CCCCCCCCCCCCCCOc1ccc(NC(=O)c2ccccc2C[n+]2cscc2C)cc1Cl.[Br-]. The number of amides is 1. The predicted molar refractivity (Wildman–Crippen MR) is 161 cm³/mol. The smallest absolute Gasteiger partial charge is 0.256 e. The number of benzene rings is 2. The summed E-state index contributed by atoms with van der Waals surface area (Å²) in [6, 6.07) is 13.2. The van der Waals surface area contributed by atoms with Gasteiger partial charge in [-0.3, -0.25) is 4.79 Å². The van der Waals surface area contributed by atoms with Crippen LogP contribution in [0.5, 0.6) is 5.75 Å². The molecule has 0 unspecified atom stereocenters. The fraction of sp³-hybridized carbons (Fsp3) is 0.500. The zero-order valence-electron chi connectivity index (χ0n) is 23.5. The van der Waals surface area contributed by atoms with Crippen molar-refractivity contribution in [3.8, 4) is 5.75 Å². The summed E-state index contributed by atoms with van der Waals surface area (Å²) in [5, 5.41) is 5.61. The maximum atomic E-state index is 13.1. The molecule has 0 radical (unpaired) electrons. The van der Waals surface area contributed by atoms with Gasteiger partial charge in [0, 0.05) is 23.7 Å². The van der Waals surface area contributed by atoms with E-state index in [4.69, 9.17) is 16.3 Å². The van der Waals surface area contributed by atoms with Crippen LogP contribution in [-0.4, -0.2) is 12.5 Å². The van der Waals surface area contributed by atoms with E-state index in [1.807, 2.05) is 36.4 Å². The Labute approximate surface area is 254 Å². The van der Waals surface area contributed by atoms with Gasteiger partial charge in [0.1, 0.15) is 5.75 Å². The number of nitrogens with one attached hydrogen (secondary N) is 1. The molecule has 0 bridgehead atoms. The van der Waals surface area contributed by atoms with E-state index in [2.05, 4.69) is 34.6 Å². The molecule has 0 spiro atoms. The van der Waals surface area contributed by atoms with E-state index in [-0.39, 0.29) is 22.9 Å². The molecule has 2 aromatic carbocycles. The quantitative estimate of drug-likeness (QED) is 0.130. The normalized spacial score (nSPS) is 10.7. The fourth-order valence-electron chi connectivity index (χ4n) is 4.60. The summed E-state index contributed by atoms with van der Waals surface area (Å²) in [6.07, 6.45) is 15.8. The van der Waals surface area contributed by atoms with Gasteiger partial charge in [-0.1, -0.05) is 119 Å². The first-order valence-electron chi connectivity index (χ1n) is 14.3. The van der Waals surface area contributed by atoms with Crippen LogP contribution < -0.4 is 31.6 Å². The Balaban J connectivity index is 0.00000533. The van der Waals surface area contributed by atoms with Crippen molar-refractivity contribution in [3.63, 3.8) is 0 Å². The van der Waals surface area contributed by atoms with Gasteiger partial charge in [0.2, 0.25) is 5.51 Å². The number of aryl methyl sites for hydroxylation is 1. The molecule has 1 amide bonds. The van der Waals surface area contributed by atoms with Gasteiger partial charge in [-0.15, -0.1) is 0 Å². The van der Waals surface area contributed by atoms with Crippen molar-refractivity contribution in [3.05, 3.63) is 75.2 Å². The molecular weight excluding hydrogens is 592 g/mol. The number of thiazole rings is 1.